The molecule has 2 fully saturated rings. The maximum absolute atomic E-state index is 12.7. The van der Waals surface area contributed by atoms with Crippen molar-refractivity contribution in [2.75, 3.05) is 16.8 Å². The van der Waals surface area contributed by atoms with Crippen molar-refractivity contribution in [2.24, 2.45) is 0 Å². The first-order chi connectivity index (χ1) is 12.2. The van der Waals surface area contributed by atoms with Gasteiger partial charge in [0.2, 0.25) is 17.7 Å². The Labute approximate surface area is 152 Å². The van der Waals surface area contributed by atoms with E-state index >= 15 is 0 Å². The number of carbonyl (C=O) groups is 1. The van der Waals surface area contributed by atoms with Gasteiger partial charge in [-0.25, -0.2) is 4.98 Å². The predicted octanol–water partition coefficient (Wildman–Crippen LogP) is 2.23. The molecule has 1 atom stereocenters. The van der Waals surface area contributed by atoms with Gasteiger partial charge in [0, 0.05) is 18.1 Å². The lowest BCUT2D eigenvalue weighted by Crippen LogP contribution is -2.54. The summed E-state index contributed by atoms with van der Waals surface area (Å²) in [4.78, 5) is 34.0. The van der Waals surface area contributed by atoms with E-state index in [2.05, 4.69) is 20.6 Å². The standard InChI is InChI=1S/C17H26N6O3/c1-17(2,3)21-15(24)12-6-4-5-9-22(12)16-18-10-13(23(25)26)14(20-16)19-11-7-8-11/h10-12H,4-9H2,1-3H3,(H,21,24)(H,18,19,20)/t12-/m1/s1. The highest BCUT2D eigenvalue weighted by Crippen LogP contribution is 2.31. The highest BCUT2D eigenvalue weighted by Gasteiger charge is 2.34. The van der Waals surface area contributed by atoms with Gasteiger partial charge in [0.1, 0.15) is 12.2 Å². The average Bonchev–Trinajstić information content (AvgIpc) is 3.37. The summed E-state index contributed by atoms with van der Waals surface area (Å²) in [6, 6.07) is -0.129. The quantitative estimate of drug-likeness (QED) is 0.610. The molecule has 0 unspecified atom stereocenters. The Balaban J connectivity index is 1.86. The Morgan fingerprint density at radius 3 is 2.65 bits per heavy atom. The van der Waals surface area contributed by atoms with E-state index in [0.717, 1.165) is 25.7 Å². The molecule has 3 rings (SSSR count). The molecule has 1 aliphatic heterocycles. The number of anilines is 2. The number of nitro groups is 1. The van der Waals surface area contributed by atoms with Crippen LogP contribution in [-0.4, -0.2) is 45.0 Å². The summed E-state index contributed by atoms with van der Waals surface area (Å²) in [5.74, 6) is 0.548. The summed E-state index contributed by atoms with van der Waals surface area (Å²) < 4.78 is 0. The number of piperidine rings is 1. The van der Waals surface area contributed by atoms with Crippen LogP contribution >= 0.6 is 0 Å². The number of nitrogens with one attached hydrogen (secondary N) is 2. The van der Waals surface area contributed by atoms with Crippen LogP contribution in [0.25, 0.3) is 0 Å². The third kappa shape index (κ3) is 4.39. The third-order valence-electron chi connectivity index (χ3n) is 4.43. The molecule has 1 amide bonds. The summed E-state index contributed by atoms with van der Waals surface area (Å²) in [7, 11) is 0. The van der Waals surface area contributed by atoms with Gasteiger partial charge in [-0.15, -0.1) is 0 Å². The van der Waals surface area contributed by atoms with Crippen molar-refractivity contribution >= 4 is 23.4 Å². The molecule has 142 valence electrons. The van der Waals surface area contributed by atoms with E-state index in [0.29, 0.717) is 18.9 Å². The first-order valence-electron chi connectivity index (χ1n) is 9.11. The zero-order chi connectivity index (χ0) is 18.9. The van der Waals surface area contributed by atoms with Crippen molar-refractivity contribution in [3.05, 3.63) is 16.3 Å². The fourth-order valence-corrected chi connectivity index (χ4v) is 3.06. The maximum Gasteiger partial charge on any atom is 0.329 e. The average molecular weight is 362 g/mol. The van der Waals surface area contributed by atoms with Gasteiger partial charge in [0.25, 0.3) is 0 Å². The summed E-state index contributed by atoms with van der Waals surface area (Å²) in [5.41, 5.74) is -0.455. The minimum atomic E-state index is -0.478. The molecular weight excluding hydrogens is 336 g/mol. The molecule has 2 aliphatic rings. The Hall–Kier alpha value is -2.45. The van der Waals surface area contributed by atoms with Gasteiger partial charge in [-0.1, -0.05) is 0 Å². The van der Waals surface area contributed by atoms with Gasteiger partial charge in [-0.2, -0.15) is 4.98 Å². The molecule has 2 N–H and O–H groups in total. The second kappa shape index (κ2) is 7.05. The highest BCUT2D eigenvalue weighted by molar-refractivity contribution is 5.85. The molecule has 26 heavy (non-hydrogen) atoms. The van der Waals surface area contributed by atoms with Gasteiger partial charge in [0.15, 0.2) is 0 Å². The van der Waals surface area contributed by atoms with Crippen LogP contribution in [0.5, 0.6) is 0 Å². The van der Waals surface area contributed by atoms with Crippen LogP contribution in [0.1, 0.15) is 52.9 Å². The smallest absolute Gasteiger partial charge is 0.329 e. The molecule has 1 saturated carbocycles. The molecule has 0 radical (unpaired) electrons. The molecule has 0 spiro atoms. The van der Waals surface area contributed by atoms with E-state index in [-0.39, 0.29) is 35.0 Å². The molecule has 0 bridgehead atoms. The Bertz CT molecular complexity index is 698. The Kier molecular flexibility index (Phi) is 4.97. The molecule has 1 aromatic rings. The van der Waals surface area contributed by atoms with E-state index in [9.17, 15) is 14.9 Å². The molecule has 2 heterocycles. The monoisotopic (exact) mass is 362 g/mol. The van der Waals surface area contributed by atoms with Crippen molar-refractivity contribution in [1.82, 2.24) is 15.3 Å². The lowest BCUT2D eigenvalue weighted by Gasteiger charge is -2.36. The van der Waals surface area contributed by atoms with Crippen LogP contribution in [0.15, 0.2) is 6.20 Å². The minimum Gasteiger partial charge on any atom is -0.361 e. The minimum absolute atomic E-state index is 0.0594. The van der Waals surface area contributed by atoms with Crippen LogP contribution in [0.2, 0.25) is 0 Å². The van der Waals surface area contributed by atoms with Crippen LogP contribution in [-0.2, 0) is 4.79 Å². The van der Waals surface area contributed by atoms with Crippen molar-refractivity contribution in [3.63, 3.8) is 0 Å². The molecule has 0 aromatic carbocycles. The van der Waals surface area contributed by atoms with Gasteiger partial charge in [-0.05, 0) is 52.9 Å². The predicted molar refractivity (Wildman–Crippen MR) is 98.2 cm³/mol. The normalized spacial score (nSPS) is 20.6. The molecule has 9 heteroatoms. The van der Waals surface area contributed by atoms with Crippen molar-refractivity contribution in [3.8, 4) is 0 Å². The number of rotatable bonds is 5. The van der Waals surface area contributed by atoms with Crippen LogP contribution < -0.4 is 15.5 Å². The molecular formula is C17H26N6O3. The molecule has 9 nitrogen and oxygen atoms in total. The van der Waals surface area contributed by atoms with Gasteiger partial charge < -0.3 is 15.5 Å². The first-order valence-corrected chi connectivity index (χ1v) is 9.11. The van der Waals surface area contributed by atoms with Crippen LogP contribution in [0.4, 0.5) is 17.5 Å². The molecule has 1 aromatic heterocycles. The highest BCUT2D eigenvalue weighted by atomic mass is 16.6. The van der Waals surface area contributed by atoms with Gasteiger partial charge in [-0.3, -0.25) is 14.9 Å². The second-order valence-electron chi connectivity index (χ2n) is 8.02. The first kappa shape index (κ1) is 18.3. The van der Waals surface area contributed by atoms with E-state index in [1.54, 1.807) is 0 Å². The molecule has 1 aliphatic carbocycles. The number of amides is 1. The van der Waals surface area contributed by atoms with E-state index in [4.69, 9.17) is 0 Å². The zero-order valence-corrected chi connectivity index (χ0v) is 15.5. The zero-order valence-electron chi connectivity index (χ0n) is 15.5. The van der Waals surface area contributed by atoms with Gasteiger partial charge in [0.05, 0.1) is 4.92 Å². The topological polar surface area (TPSA) is 113 Å². The summed E-state index contributed by atoms with van der Waals surface area (Å²) in [6.45, 7) is 6.48. The molecule has 1 saturated heterocycles. The van der Waals surface area contributed by atoms with E-state index in [1.807, 2.05) is 25.7 Å². The maximum atomic E-state index is 12.7. The Morgan fingerprint density at radius 1 is 1.31 bits per heavy atom. The number of aromatic nitrogens is 2. The van der Waals surface area contributed by atoms with E-state index in [1.165, 1.54) is 6.20 Å². The summed E-state index contributed by atoms with van der Waals surface area (Å²) >= 11 is 0. The fraction of sp³-hybridized carbons (Fsp3) is 0.706. The van der Waals surface area contributed by atoms with Crippen molar-refractivity contribution < 1.29 is 9.72 Å². The largest absolute Gasteiger partial charge is 0.361 e. The lowest BCUT2D eigenvalue weighted by atomic mass is 10.00. The SMILES string of the molecule is CC(C)(C)NC(=O)[C@H]1CCCCN1c1ncc([N+](=O)[O-])c(NC2CC2)n1. The summed E-state index contributed by atoms with van der Waals surface area (Å²) in [5, 5.41) is 17.4. The summed E-state index contributed by atoms with van der Waals surface area (Å²) in [6.07, 6.45) is 5.81. The second-order valence-corrected chi connectivity index (χ2v) is 8.02. The van der Waals surface area contributed by atoms with E-state index < -0.39 is 4.92 Å². The number of carbonyl (C=O) groups excluding carboxylic acids is 1. The third-order valence-corrected chi connectivity index (χ3v) is 4.43. The van der Waals surface area contributed by atoms with Crippen molar-refractivity contribution in [2.45, 2.75) is 70.5 Å². The van der Waals surface area contributed by atoms with Gasteiger partial charge >= 0.3 is 5.69 Å². The number of nitrogens with zero attached hydrogens (tertiary/aromatic N) is 4. The van der Waals surface area contributed by atoms with Crippen molar-refractivity contribution in [1.29, 1.82) is 0 Å². The number of hydrogen-bond acceptors (Lipinski definition) is 7. The fourth-order valence-electron chi connectivity index (χ4n) is 3.06. The van der Waals surface area contributed by atoms with Crippen LogP contribution in [0.3, 0.4) is 0 Å². The Morgan fingerprint density at radius 2 is 2.04 bits per heavy atom. The lowest BCUT2D eigenvalue weighted by molar-refractivity contribution is -0.384. The van der Waals surface area contributed by atoms with Crippen LogP contribution in [0, 0.1) is 10.1 Å². The number of hydrogen-bond donors (Lipinski definition) is 2.